The summed E-state index contributed by atoms with van der Waals surface area (Å²) in [6.45, 7) is 10.6. The second-order valence-corrected chi connectivity index (χ2v) is 4.93. The van der Waals surface area contributed by atoms with Gasteiger partial charge < -0.3 is 10.1 Å². The zero-order valence-corrected chi connectivity index (χ0v) is 10.1. The molecule has 0 aliphatic heterocycles. The molecular weight excluding hydrogens is 174 g/mol. The van der Waals surface area contributed by atoms with Gasteiger partial charge in [-0.25, -0.2) is 0 Å². The van der Waals surface area contributed by atoms with Gasteiger partial charge in [-0.3, -0.25) is 0 Å². The summed E-state index contributed by atoms with van der Waals surface area (Å²) >= 11 is 0. The van der Waals surface area contributed by atoms with Crippen molar-refractivity contribution in [2.75, 3.05) is 13.2 Å². The van der Waals surface area contributed by atoms with Crippen LogP contribution in [-0.2, 0) is 4.74 Å². The highest BCUT2D eigenvalue weighted by atomic mass is 16.5. The third-order valence-corrected chi connectivity index (χ3v) is 3.16. The van der Waals surface area contributed by atoms with Gasteiger partial charge in [-0.1, -0.05) is 13.8 Å². The number of hydrogen-bond donors (Lipinski definition) is 1. The minimum absolute atomic E-state index is 0.0442. The molecule has 0 spiro atoms. The molecule has 14 heavy (non-hydrogen) atoms. The molecular formula is C12H25NO. The van der Waals surface area contributed by atoms with Crippen LogP contribution in [0.25, 0.3) is 0 Å². The van der Waals surface area contributed by atoms with Gasteiger partial charge in [-0.15, -0.1) is 0 Å². The van der Waals surface area contributed by atoms with Gasteiger partial charge >= 0.3 is 0 Å². The van der Waals surface area contributed by atoms with Crippen molar-refractivity contribution in [2.45, 2.75) is 58.6 Å². The van der Waals surface area contributed by atoms with Crippen molar-refractivity contribution in [3.8, 4) is 0 Å². The fraction of sp³-hybridized carbons (Fsp3) is 1.00. The van der Waals surface area contributed by atoms with E-state index < -0.39 is 0 Å². The molecule has 1 N–H and O–H groups in total. The zero-order chi connectivity index (χ0) is 10.6. The molecule has 2 heteroatoms. The molecule has 0 aromatic rings. The Morgan fingerprint density at radius 3 is 2.43 bits per heavy atom. The average Bonchev–Trinajstić information content (AvgIpc) is 2.95. The molecule has 1 fully saturated rings. The van der Waals surface area contributed by atoms with Crippen LogP contribution in [-0.4, -0.2) is 24.8 Å². The van der Waals surface area contributed by atoms with Crippen molar-refractivity contribution in [1.29, 1.82) is 0 Å². The largest absolute Gasteiger partial charge is 0.374 e. The lowest BCUT2D eigenvalue weighted by Crippen LogP contribution is -2.38. The Bertz CT molecular complexity index is 164. The molecule has 1 saturated carbocycles. The maximum Gasteiger partial charge on any atom is 0.0629 e. The van der Waals surface area contributed by atoms with Crippen molar-refractivity contribution >= 4 is 0 Å². The average molecular weight is 199 g/mol. The molecule has 0 aromatic carbocycles. The molecule has 1 atom stereocenters. The first kappa shape index (κ1) is 12.0. The maximum atomic E-state index is 5.93. The van der Waals surface area contributed by atoms with E-state index in [4.69, 9.17) is 4.74 Å². The summed E-state index contributed by atoms with van der Waals surface area (Å²) in [4.78, 5) is 0. The third-order valence-electron chi connectivity index (χ3n) is 3.16. The van der Waals surface area contributed by atoms with E-state index in [9.17, 15) is 0 Å². The van der Waals surface area contributed by atoms with Crippen LogP contribution < -0.4 is 5.32 Å². The minimum atomic E-state index is 0.0442. The van der Waals surface area contributed by atoms with E-state index in [-0.39, 0.29) is 5.60 Å². The highest BCUT2D eigenvalue weighted by Crippen LogP contribution is 2.33. The summed E-state index contributed by atoms with van der Waals surface area (Å²) in [5, 5.41) is 3.52. The van der Waals surface area contributed by atoms with Crippen LogP contribution >= 0.6 is 0 Å². The van der Waals surface area contributed by atoms with E-state index in [2.05, 4.69) is 33.0 Å². The highest BCUT2D eigenvalue weighted by Gasteiger charge is 2.31. The summed E-state index contributed by atoms with van der Waals surface area (Å²) < 4.78 is 5.93. The van der Waals surface area contributed by atoms with Gasteiger partial charge in [-0.2, -0.15) is 0 Å². The quantitative estimate of drug-likeness (QED) is 0.680. The van der Waals surface area contributed by atoms with E-state index in [1.165, 1.54) is 12.8 Å². The number of rotatable bonds is 7. The van der Waals surface area contributed by atoms with E-state index in [0.717, 1.165) is 25.5 Å². The van der Waals surface area contributed by atoms with Crippen LogP contribution in [0.4, 0.5) is 0 Å². The van der Waals surface area contributed by atoms with E-state index in [1.54, 1.807) is 0 Å². The lowest BCUT2D eigenvalue weighted by Gasteiger charge is -2.27. The summed E-state index contributed by atoms with van der Waals surface area (Å²) in [6, 6.07) is 0.589. The van der Waals surface area contributed by atoms with Gasteiger partial charge in [0.1, 0.15) is 0 Å². The Labute approximate surface area is 88.4 Å². The molecule has 1 unspecified atom stereocenters. The lowest BCUT2D eigenvalue weighted by molar-refractivity contribution is -0.0326. The molecule has 1 rings (SSSR count). The first-order valence-electron chi connectivity index (χ1n) is 5.96. The predicted octanol–water partition coefficient (Wildman–Crippen LogP) is 2.58. The molecule has 0 heterocycles. The Kier molecular flexibility index (Phi) is 4.39. The van der Waals surface area contributed by atoms with Gasteiger partial charge in [0.15, 0.2) is 0 Å². The van der Waals surface area contributed by atoms with Crippen LogP contribution in [0.15, 0.2) is 0 Å². The second kappa shape index (κ2) is 5.13. The van der Waals surface area contributed by atoms with Gasteiger partial charge in [0.2, 0.25) is 0 Å². The number of nitrogens with one attached hydrogen (secondary N) is 1. The summed E-state index contributed by atoms with van der Waals surface area (Å²) in [5.41, 5.74) is 0.0442. The molecule has 0 saturated heterocycles. The zero-order valence-electron chi connectivity index (χ0n) is 10.1. The van der Waals surface area contributed by atoms with Gasteiger partial charge in [-0.05, 0) is 45.6 Å². The normalized spacial score (nSPS) is 19.7. The molecule has 1 aliphatic carbocycles. The van der Waals surface area contributed by atoms with E-state index in [1.807, 2.05) is 0 Å². The highest BCUT2D eigenvalue weighted by molar-refractivity contribution is 4.86. The van der Waals surface area contributed by atoms with E-state index in [0.29, 0.717) is 6.04 Å². The lowest BCUT2D eigenvalue weighted by atomic mass is 10.1. The fourth-order valence-corrected chi connectivity index (χ4v) is 1.54. The van der Waals surface area contributed by atoms with Gasteiger partial charge in [0.25, 0.3) is 0 Å². The summed E-state index contributed by atoms with van der Waals surface area (Å²) in [7, 11) is 0. The van der Waals surface area contributed by atoms with Crippen molar-refractivity contribution in [1.82, 2.24) is 5.32 Å². The van der Waals surface area contributed by atoms with E-state index >= 15 is 0 Å². The topological polar surface area (TPSA) is 21.3 Å². The van der Waals surface area contributed by atoms with Crippen molar-refractivity contribution < 1.29 is 4.74 Å². The monoisotopic (exact) mass is 199 g/mol. The smallest absolute Gasteiger partial charge is 0.0629 e. The predicted molar refractivity (Wildman–Crippen MR) is 60.5 cm³/mol. The van der Waals surface area contributed by atoms with Crippen LogP contribution in [0.2, 0.25) is 0 Å². The SMILES string of the molecule is CCNC(COC(C)(C)CC)C1CC1. The van der Waals surface area contributed by atoms with Crippen LogP contribution in [0, 0.1) is 5.92 Å². The molecule has 0 bridgehead atoms. The van der Waals surface area contributed by atoms with Crippen LogP contribution in [0.3, 0.4) is 0 Å². The van der Waals surface area contributed by atoms with Gasteiger partial charge in [0.05, 0.1) is 12.2 Å². The number of likely N-dealkylation sites (N-methyl/N-ethyl adjacent to an activating group) is 1. The molecule has 0 amide bonds. The number of hydrogen-bond acceptors (Lipinski definition) is 2. The van der Waals surface area contributed by atoms with Crippen LogP contribution in [0.1, 0.15) is 47.0 Å². The van der Waals surface area contributed by atoms with Crippen molar-refractivity contribution in [2.24, 2.45) is 5.92 Å². The standard InChI is InChI=1S/C12H25NO/c1-5-12(3,4)14-9-11(13-6-2)10-7-8-10/h10-11,13H,5-9H2,1-4H3. The number of ether oxygens (including phenoxy) is 1. The maximum absolute atomic E-state index is 5.93. The molecule has 0 aromatic heterocycles. The Balaban J connectivity index is 2.25. The van der Waals surface area contributed by atoms with Gasteiger partial charge in [0, 0.05) is 6.04 Å². The van der Waals surface area contributed by atoms with Crippen LogP contribution in [0.5, 0.6) is 0 Å². The Morgan fingerprint density at radius 2 is 2.00 bits per heavy atom. The molecule has 2 nitrogen and oxygen atoms in total. The third kappa shape index (κ3) is 3.97. The minimum Gasteiger partial charge on any atom is -0.374 e. The first-order valence-corrected chi connectivity index (χ1v) is 5.96. The summed E-state index contributed by atoms with van der Waals surface area (Å²) in [5.74, 6) is 0.877. The molecule has 1 aliphatic rings. The molecule has 84 valence electrons. The van der Waals surface area contributed by atoms with Crippen molar-refractivity contribution in [3.05, 3.63) is 0 Å². The first-order chi connectivity index (χ1) is 6.59. The second-order valence-electron chi connectivity index (χ2n) is 4.93. The molecule has 0 radical (unpaired) electrons. The fourth-order valence-electron chi connectivity index (χ4n) is 1.54. The Morgan fingerprint density at radius 1 is 1.36 bits per heavy atom. The Hall–Kier alpha value is -0.0800. The van der Waals surface area contributed by atoms with Crippen molar-refractivity contribution in [3.63, 3.8) is 0 Å². The summed E-state index contributed by atoms with van der Waals surface area (Å²) in [6.07, 6.45) is 3.84.